The minimum absolute atomic E-state index is 0.0227. The lowest BCUT2D eigenvalue weighted by Gasteiger charge is -2.10. The van der Waals surface area contributed by atoms with E-state index in [4.69, 9.17) is 0 Å². The van der Waals surface area contributed by atoms with Crippen LogP contribution in [0.3, 0.4) is 0 Å². The molecule has 0 aliphatic heterocycles. The second-order valence-electron chi connectivity index (χ2n) is 5.83. The monoisotopic (exact) mass is 441 g/mol. The number of esters is 3. The zero-order valence-electron chi connectivity index (χ0n) is 16.3. The van der Waals surface area contributed by atoms with E-state index in [0.29, 0.717) is 16.9 Å². The van der Waals surface area contributed by atoms with Gasteiger partial charge in [-0.2, -0.15) is 0 Å². The van der Waals surface area contributed by atoms with Crippen LogP contribution >= 0.6 is 11.3 Å². The average Bonchev–Trinajstić information content (AvgIpc) is 3.04. The number of nitrogens with one attached hydrogen (secondary N) is 1. The van der Waals surface area contributed by atoms with Gasteiger partial charge in [-0.1, -0.05) is 0 Å². The van der Waals surface area contributed by atoms with Crippen LogP contribution in [0.1, 0.15) is 41.5 Å². The Bertz CT molecular complexity index is 1090. The first-order valence-corrected chi connectivity index (χ1v) is 10.4. The molecule has 0 saturated carbocycles. The highest BCUT2D eigenvalue weighted by Crippen LogP contribution is 2.34. The Balaban J connectivity index is 2.53. The molecule has 0 unspecified atom stereocenters. The van der Waals surface area contributed by atoms with Crippen molar-refractivity contribution in [2.45, 2.75) is 18.1 Å². The van der Waals surface area contributed by atoms with Crippen LogP contribution in [0.15, 0.2) is 22.4 Å². The molecular weight excluding hydrogens is 422 g/mol. The van der Waals surface area contributed by atoms with Gasteiger partial charge >= 0.3 is 17.9 Å². The molecule has 29 heavy (non-hydrogen) atoms. The lowest BCUT2D eigenvalue weighted by molar-refractivity contribution is 0.0587. The first-order valence-electron chi connectivity index (χ1n) is 8.09. The minimum Gasteiger partial charge on any atom is -0.465 e. The second-order valence-corrected chi connectivity index (χ2v) is 8.73. The number of benzene rings is 1. The van der Waals surface area contributed by atoms with E-state index < -0.39 is 27.9 Å². The van der Waals surface area contributed by atoms with Gasteiger partial charge in [0.2, 0.25) is 0 Å². The fourth-order valence-corrected chi connectivity index (χ4v) is 5.36. The summed E-state index contributed by atoms with van der Waals surface area (Å²) in [4.78, 5) is 35.8. The van der Waals surface area contributed by atoms with Crippen molar-refractivity contribution in [3.63, 3.8) is 0 Å². The number of methoxy groups -OCH3 is 3. The Kier molecular flexibility index (Phi) is 6.65. The number of thiophene rings is 1. The second kappa shape index (κ2) is 8.62. The third-order valence-corrected chi connectivity index (χ3v) is 7.17. The average molecular weight is 441 g/mol. The molecule has 0 bridgehead atoms. The van der Waals surface area contributed by atoms with E-state index in [0.717, 1.165) is 14.2 Å². The predicted molar refractivity (Wildman–Crippen MR) is 105 cm³/mol. The van der Waals surface area contributed by atoms with Gasteiger partial charge in [0.1, 0.15) is 4.88 Å². The number of carbonyl (C=O) groups excluding carboxylic acids is 3. The van der Waals surface area contributed by atoms with Gasteiger partial charge in [-0.25, -0.2) is 22.8 Å². The number of carbonyl (C=O) groups is 3. The molecule has 0 atom stereocenters. The van der Waals surface area contributed by atoms with E-state index in [9.17, 15) is 22.8 Å². The summed E-state index contributed by atoms with van der Waals surface area (Å²) >= 11 is 0.605. The molecule has 2 aromatic rings. The summed E-state index contributed by atoms with van der Waals surface area (Å²) in [6, 6.07) is 4.25. The zero-order valence-corrected chi connectivity index (χ0v) is 17.9. The summed E-state index contributed by atoms with van der Waals surface area (Å²) in [5.74, 6) is -2.22. The number of hydrogen-bond donors (Lipinski definition) is 1. The van der Waals surface area contributed by atoms with Gasteiger partial charge in [-0.15, -0.1) is 11.3 Å². The summed E-state index contributed by atoms with van der Waals surface area (Å²) in [6.07, 6.45) is 0. The summed E-state index contributed by atoms with van der Waals surface area (Å²) in [5.41, 5.74) is 0.838. The molecule has 1 aromatic heterocycles. The van der Waals surface area contributed by atoms with Crippen LogP contribution in [0.25, 0.3) is 0 Å². The number of sulfonamides is 1. The number of rotatable bonds is 6. The van der Waals surface area contributed by atoms with Crippen molar-refractivity contribution < 1.29 is 37.0 Å². The SMILES string of the molecule is COC(=O)c1ccc(NS(=O)(=O)c2sc(C(=O)OC)c(C)c2C(=O)OC)cc1C. The van der Waals surface area contributed by atoms with E-state index >= 15 is 0 Å². The quantitative estimate of drug-likeness (QED) is 0.535. The third kappa shape index (κ3) is 4.40. The van der Waals surface area contributed by atoms with Crippen LogP contribution in [-0.2, 0) is 24.2 Å². The van der Waals surface area contributed by atoms with E-state index in [1.807, 2.05) is 0 Å². The van der Waals surface area contributed by atoms with Gasteiger partial charge < -0.3 is 14.2 Å². The normalized spacial score (nSPS) is 10.9. The Morgan fingerprint density at radius 1 is 0.931 bits per heavy atom. The summed E-state index contributed by atoms with van der Waals surface area (Å²) in [6.45, 7) is 3.05. The number of anilines is 1. The van der Waals surface area contributed by atoms with Gasteiger partial charge in [0, 0.05) is 5.69 Å². The molecule has 1 N–H and O–H groups in total. The van der Waals surface area contributed by atoms with Gasteiger partial charge in [0.05, 0.1) is 32.5 Å². The molecule has 0 spiro atoms. The van der Waals surface area contributed by atoms with Crippen LogP contribution in [0, 0.1) is 13.8 Å². The number of hydrogen-bond acceptors (Lipinski definition) is 9. The van der Waals surface area contributed by atoms with Gasteiger partial charge in [-0.3, -0.25) is 4.72 Å². The maximum Gasteiger partial charge on any atom is 0.348 e. The molecule has 0 aliphatic carbocycles. The zero-order chi connectivity index (χ0) is 21.9. The molecule has 0 radical (unpaired) electrons. The van der Waals surface area contributed by atoms with Crippen molar-refractivity contribution >= 4 is 45.0 Å². The molecule has 9 nitrogen and oxygen atoms in total. The highest BCUT2D eigenvalue weighted by atomic mass is 32.2. The molecule has 0 fully saturated rings. The highest BCUT2D eigenvalue weighted by Gasteiger charge is 2.32. The van der Waals surface area contributed by atoms with Crippen LogP contribution in [-0.4, -0.2) is 47.7 Å². The molecular formula is C18H19NO8S2. The predicted octanol–water partition coefficient (Wildman–Crippen LogP) is 2.53. The Hall–Kier alpha value is -2.92. The molecule has 11 heteroatoms. The first kappa shape index (κ1) is 22.4. The first-order chi connectivity index (χ1) is 13.6. The van der Waals surface area contributed by atoms with Gasteiger partial charge in [0.15, 0.2) is 4.21 Å². The lowest BCUT2D eigenvalue weighted by atomic mass is 10.1. The fraction of sp³-hybridized carbons (Fsp3) is 0.278. The van der Waals surface area contributed by atoms with E-state index in [1.165, 1.54) is 32.2 Å². The molecule has 2 rings (SSSR count). The smallest absolute Gasteiger partial charge is 0.348 e. The minimum atomic E-state index is -4.25. The maximum absolute atomic E-state index is 13.0. The van der Waals surface area contributed by atoms with Crippen molar-refractivity contribution in [2.75, 3.05) is 26.1 Å². The molecule has 0 saturated heterocycles. The van der Waals surface area contributed by atoms with E-state index in [-0.39, 0.29) is 31.5 Å². The Labute approximate surface area is 171 Å². The molecule has 1 heterocycles. The van der Waals surface area contributed by atoms with Crippen LogP contribution in [0.5, 0.6) is 0 Å². The summed E-state index contributed by atoms with van der Waals surface area (Å²) in [7, 11) is -0.756. The standard InChI is InChI=1S/C18H19NO8S2/c1-9-8-11(6-7-12(9)15(20)25-3)19-29(23,24)18-13(16(21)26-4)10(2)14(28-18)17(22)27-5/h6-8,19H,1-5H3. The van der Waals surface area contributed by atoms with Crippen molar-refractivity contribution in [3.05, 3.63) is 45.3 Å². The van der Waals surface area contributed by atoms with Gasteiger partial charge in [-0.05, 0) is 43.2 Å². The largest absolute Gasteiger partial charge is 0.465 e. The molecule has 0 aliphatic rings. The van der Waals surface area contributed by atoms with Crippen molar-refractivity contribution in [3.8, 4) is 0 Å². The van der Waals surface area contributed by atoms with Gasteiger partial charge in [0.25, 0.3) is 10.0 Å². The third-order valence-electron chi connectivity index (χ3n) is 4.00. The summed E-state index contributed by atoms with van der Waals surface area (Å²) < 4.78 is 41.9. The molecule has 156 valence electrons. The number of aryl methyl sites for hydroxylation is 1. The maximum atomic E-state index is 13.0. The molecule has 1 aromatic carbocycles. The Morgan fingerprint density at radius 2 is 1.52 bits per heavy atom. The van der Waals surface area contributed by atoms with Crippen molar-refractivity contribution in [2.24, 2.45) is 0 Å². The van der Waals surface area contributed by atoms with Crippen LogP contribution in [0.4, 0.5) is 5.69 Å². The number of ether oxygens (including phenoxy) is 3. The Morgan fingerprint density at radius 3 is 2.03 bits per heavy atom. The highest BCUT2D eigenvalue weighted by molar-refractivity contribution is 7.94. The fourth-order valence-electron chi connectivity index (χ4n) is 2.57. The lowest BCUT2D eigenvalue weighted by Crippen LogP contribution is -2.16. The van der Waals surface area contributed by atoms with E-state index in [1.54, 1.807) is 6.92 Å². The van der Waals surface area contributed by atoms with Crippen LogP contribution < -0.4 is 4.72 Å². The topological polar surface area (TPSA) is 125 Å². The van der Waals surface area contributed by atoms with E-state index in [2.05, 4.69) is 18.9 Å². The van der Waals surface area contributed by atoms with Crippen molar-refractivity contribution in [1.82, 2.24) is 0 Å². The summed E-state index contributed by atoms with van der Waals surface area (Å²) in [5, 5.41) is 0. The van der Waals surface area contributed by atoms with Crippen molar-refractivity contribution in [1.29, 1.82) is 0 Å². The molecule has 0 amide bonds. The van der Waals surface area contributed by atoms with Crippen LogP contribution in [0.2, 0.25) is 0 Å².